The first kappa shape index (κ1) is 16.2. The van der Waals surface area contributed by atoms with Gasteiger partial charge in [-0.15, -0.1) is 0 Å². The highest BCUT2D eigenvalue weighted by Gasteiger charge is 2.55. The van der Waals surface area contributed by atoms with Gasteiger partial charge in [0.05, 0.1) is 11.4 Å². The normalized spacial score (nSPS) is 21.7. The fraction of sp³-hybridized carbons (Fsp3) is 0.125. The van der Waals surface area contributed by atoms with E-state index in [0.717, 1.165) is 29.3 Å². The lowest BCUT2D eigenvalue weighted by atomic mass is 10.1. The summed E-state index contributed by atoms with van der Waals surface area (Å²) in [6.45, 7) is 0. The van der Waals surface area contributed by atoms with Crippen LogP contribution in [-0.4, -0.2) is 23.9 Å². The van der Waals surface area contributed by atoms with Crippen LogP contribution in [0.1, 0.15) is 0 Å². The lowest BCUT2D eigenvalue weighted by molar-refractivity contribution is -0.121. The number of amides is 2. The van der Waals surface area contributed by atoms with Crippen LogP contribution in [0.3, 0.4) is 0 Å². The van der Waals surface area contributed by atoms with Gasteiger partial charge in [-0.2, -0.15) is 5.11 Å². The zero-order chi connectivity index (χ0) is 18.6. The van der Waals surface area contributed by atoms with Crippen molar-refractivity contribution in [1.29, 1.82) is 0 Å². The van der Waals surface area contributed by atoms with E-state index in [9.17, 15) is 27.2 Å². The van der Waals surface area contributed by atoms with Crippen molar-refractivity contribution in [2.24, 2.45) is 10.3 Å². The Morgan fingerprint density at radius 3 is 2.31 bits per heavy atom. The predicted octanol–water partition coefficient (Wildman–Crippen LogP) is 2.74. The maximum atomic E-state index is 14.0. The van der Waals surface area contributed by atoms with Crippen molar-refractivity contribution in [3.8, 4) is 0 Å². The second kappa shape index (κ2) is 5.61. The monoisotopic (exact) mass is 364 g/mol. The van der Waals surface area contributed by atoms with E-state index in [1.807, 2.05) is 0 Å². The summed E-state index contributed by atoms with van der Waals surface area (Å²) in [6, 6.07) is 2.61. The van der Waals surface area contributed by atoms with E-state index in [1.54, 1.807) is 0 Å². The Morgan fingerprint density at radius 2 is 1.62 bits per heavy atom. The number of benzene rings is 2. The number of rotatable bonds is 2. The number of carbonyl (C=O) groups is 2. The molecule has 0 aromatic heterocycles. The molecule has 0 saturated carbocycles. The fourth-order valence-electron chi connectivity index (χ4n) is 2.90. The number of fused-ring (bicyclic) bond motifs is 1. The van der Waals surface area contributed by atoms with Gasteiger partial charge < -0.3 is 0 Å². The highest BCUT2D eigenvalue weighted by Crippen LogP contribution is 2.36. The molecule has 1 saturated heterocycles. The average molecular weight is 364 g/mol. The summed E-state index contributed by atoms with van der Waals surface area (Å²) in [6.07, 6.45) is 0. The first-order valence-corrected chi connectivity index (χ1v) is 7.36. The molecule has 0 bridgehead atoms. The molecule has 10 heteroatoms. The molecule has 6 nitrogen and oxygen atoms in total. The zero-order valence-electron chi connectivity index (χ0n) is 12.7. The molecule has 26 heavy (non-hydrogen) atoms. The summed E-state index contributed by atoms with van der Waals surface area (Å²) in [7, 11) is 0. The number of carbonyl (C=O) groups excluding carboxylic acids is 2. The Morgan fingerprint density at radius 1 is 0.846 bits per heavy atom. The van der Waals surface area contributed by atoms with Crippen molar-refractivity contribution in [2.75, 3.05) is 9.91 Å². The Kier molecular flexibility index (Phi) is 3.49. The van der Waals surface area contributed by atoms with Crippen molar-refractivity contribution in [1.82, 2.24) is 0 Å². The van der Waals surface area contributed by atoms with Gasteiger partial charge in [0.1, 0.15) is 5.82 Å². The maximum absolute atomic E-state index is 14.0. The van der Waals surface area contributed by atoms with E-state index in [-0.39, 0.29) is 11.4 Å². The summed E-state index contributed by atoms with van der Waals surface area (Å²) in [5.41, 5.74) is -0.418. The fourth-order valence-corrected chi connectivity index (χ4v) is 2.90. The molecule has 2 aromatic rings. The second-order valence-corrected chi connectivity index (χ2v) is 5.65. The van der Waals surface area contributed by atoms with E-state index in [2.05, 4.69) is 10.3 Å². The van der Waals surface area contributed by atoms with Crippen molar-refractivity contribution in [3.63, 3.8) is 0 Å². The standard InChI is InChI=1S/C16H8F4N4O2/c17-7-1-4-12(11(20)5-7)24-14-13(21-22-24)15(25)23(16(14)26)8-2-3-9(18)10(19)6-8/h1-6,13-14H. The van der Waals surface area contributed by atoms with E-state index in [4.69, 9.17) is 0 Å². The van der Waals surface area contributed by atoms with E-state index < -0.39 is 47.2 Å². The molecule has 1 fully saturated rings. The van der Waals surface area contributed by atoms with Crippen LogP contribution < -0.4 is 9.91 Å². The Labute approximate surface area is 143 Å². The van der Waals surface area contributed by atoms with Crippen LogP contribution in [0.25, 0.3) is 0 Å². The minimum Gasteiger partial charge on any atom is -0.271 e. The smallest absolute Gasteiger partial charge is 0.263 e. The molecule has 2 aromatic carbocycles. The van der Waals surface area contributed by atoms with Gasteiger partial charge in [-0.1, -0.05) is 5.22 Å². The number of hydrogen-bond acceptors (Lipinski definition) is 5. The van der Waals surface area contributed by atoms with Crippen LogP contribution in [0.4, 0.5) is 28.9 Å². The van der Waals surface area contributed by atoms with E-state index >= 15 is 0 Å². The molecular formula is C16H8F4N4O2. The lowest BCUT2D eigenvalue weighted by Gasteiger charge is -2.21. The minimum atomic E-state index is -1.30. The summed E-state index contributed by atoms with van der Waals surface area (Å²) in [5.74, 6) is -5.82. The van der Waals surface area contributed by atoms with Crippen LogP contribution in [0.2, 0.25) is 0 Å². The number of halogens is 4. The number of nitrogens with zero attached hydrogens (tertiary/aromatic N) is 4. The summed E-state index contributed by atoms with van der Waals surface area (Å²) >= 11 is 0. The van der Waals surface area contributed by atoms with Gasteiger partial charge in [0.25, 0.3) is 11.8 Å². The molecule has 4 rings (SSSR count). The molecule has 0 radical (unpaired) electrons. The van der Waals surface area contributed by atoms with Crippen LogP contribution in [-0.2, 0) is 9.59 Å². The molecule has 2 atom stereocenters. The van der Waals surface area contributed by atoms with Crippen LogP contribution in [0.5, 0.6) is 0 Å². The number of imide groups is 1. The first-order valence-electron chi connectivity index (χ1n) is 7.36. The summed E-state index contributed by atoms with van der Waals surface area (Å²) < 4.78 is 53.6. The van der Waals surface area contributed by atoms with Gasteiger partial charge in [-0.3, -0.25) is 9.59 Å². The molecule has 2 aliphatic heterocycles. The highest BCUT2D eigenvalue weighted by molar-refractivity contribution is 6.26. The van der Waals surface area contributed by atoms with E-state index in [0.29, 0.717) is 17.0 Å². The molecule has 2 heterocycles. The van der Waals surface area contributed by atoms with Crippen molar-refractivity contribution < 1.29 is 27.2 Å². The summed E-state index contributed by atoms with van der Waals surface area (Å²) in [4.78, 5) is 25.8. The van der Waals surface area contributed by atoms with Gasteiger partial charge >= 0.3 is 0 Å². The largest absolute Gasteiger partial charge is 0.271 e. The van der Waals surface area contributed by atoms with Crippen LogP contribution in [0, 0.1) is 23.3 Å². The van der Waals surface area contributed by atoms with Gasteiger partial charge in [0.15, 0.2) is 29.5 Å². The minimum absolute atomic E-state index is 0.178. The lowest BCUT2D eigenvalue weighted by Crippen LogP contribution is -2.40. The third kappa shape index (κ3) is 2.25. The summed E-state index contributed by atoms with van der Waals surface area (Å²) in [5, 5.41) is 8.19. The molecule has 0 aliphatic carbocycles. The quantitative estimate of drug-likeness (QED) is 0.608. The Bertz CT molecular complexity index is 981. The molecule has 132 valence electrons. The van der Waals surface area contributed by atoms with Crippen molar-refractivity contribution >= 4 is 23.2 Å². The van der Waals surface area contributed by atoms with Crippen molar-refractivity contribution in [3.05, 3.63) is 59.7 Å². The molecule has 2 amide bonds. The predicted molar refractivity (Wildman–Crippen MR) is 80.1 cm³/mol. The SMILES string of the molecule is O=C1C2N=NN(c3ccc(F)cc3F)C2C(=O)N1c1ccc(F)c(F)c1. The van der Waals surface area contributed by atoms with Gasteiger partial charge in [0.2, 0.25) is 0 Å². The van der Waals surface area contributed by atoms with E-state index in [1.165, 1.54) is 0 Å². The van der Waals surface area contributed by atoms with Crippen LogP contribution >= 0.6 is 0 Å². The second-order valence-electron chi connectivity index (χ2n) is 5.65. The first-order chi connectivity index (χ1) is 12.4. The molecule has 2 aliphatic rings. The van der Waals surface area contributed by atoms with Gasteiger partial charge in [-0.05, 0) is 24.3 Å². The third-order valence-corrected chi connectivity index (χ3v) is 4.10. The molecule has 0 N–H and O–H groups in total. The molecule has 2 unspecified atom stereocenters. The highest BCUT2D eigenvalue weighted by atomic mass is 19.2. The molecule has 0 spiro atoms. The molecular weight excluding hydrogens is 356 g/mol. The zero-order valence-corrected chi connectivity index (χ0v) is 12.7. The third-order valence-electron chi connectivity index (χ3n) is 4.10. The topological polar surface area (TPSA) is 65.3 Å². The van der Waals surface area contributed by atoms with Gasteiger partial charge in [-0.25, -0.2) is 27.5 Å². The number of anilines is 2. The average Bonchev–Trinajstić information content (AvgIpc) is 3.12. The van der Waals surface area contributed by atoms with Crippen LogP contribution in [0.15, 0.2) is 46.7 Å². The van der Waals surface area contributed by atoms with Gasteiger partial charge in [0, 0.05) is 12.1 Å². The van der Waals surface area contributed by atoms with Crippen molar-refractivity contribution in [2.45, 2.75) is 12.1 Å². The maximum Gasteiger partial charge on any atom is 0.263 e. The number of hydrogen-bond donors (Lipinski definition) is 0. The Balaban J connectivity index is 1.72. The Hall–Kier alpha value is -3.30.